The van der Waals surface area contributed by atoms with Gasteiger partial charge in [-0.3, -0.25) is 4.79 Å². The van der Waals surface area contributed by atoms with Crippen molar-refractivity contribution in [2.45, 2.75) is 31.5 Å². The number of likely N-dealkylation sites (tertiary alicyclic amines) is 1. The van der Waals surface area contributed by atoms with Gasteiger partial charge in [0.15, 0.2) is 0 Å². The van der Waals surface area contributed by atoms with E-state index in [0.29, 0.717) is 12.5 Å². The number of hydrogen-bond donors (Lipinski definition) is 0. The average molecular weight is 237 g/mol. The van der Waals surface area contributed by atoms with Crippen molar-refractivity contribution in [2.75, 3.05) is 19.8 Å². The zero-order chi connectivity index (χ0) is 11.8. The molecule has 2 rings (SSSR count). The Balaban J connectivity index is 1.73. The first kappa shape index (κ1) is 11.7. The molecule has 1 saturated carbocycles. The fourth-order valence-electron chi connectivity index (χ4n) is 2.57. The molecule has 92 valence electrons. The second kappa shape index (κ2) is 4.24. The third-order valence-corrected chi connectivity index (χ3v) is 3.22. The van der Waals surface area contributed by atoms with Gasteiger partial charge in [-0.15, -0.1) is 0 Å². The summed E-state index contributed by atoms with van der Waals surface area (Å²) < 4.78 is 39.7. The van der Waals surface area contributed by atoms with Gasteiger partial charge in [0.2, 0.25) is 5.91 Å². The quantitative estimate of drug-likeness (QED) is 0.745. The van der Waals surface area contributed by atoms with E-state index in [2.05, 4.69) is 4.74 Å². The molecule has 2 unspecified atom stereocenters. The van der Waals surface area contributed by atoms with Crippen molar-refractivity contribution in [3.05, 3.63) is 0 Å². The maximum atomic E-state index is 11.8. The molecular weight excluding hydrogens is 223 g/mol. The highest BCUT2D eigenvalue weighted by Gasteiger charge is 2.40. The third kappa shape index (κ3) is 2.66. The van der Waals surface area contributed by atoms with Crippen molar-refractivity contribution < 1.29 is 22.7 Å². The Labute approximate surface area is 91.5 Å². The Morgan fingerprint density at radius 1 is 1.38 bits per heavy atom. The minimum Gasteiger partial charge on any atom is -0.362 e. The van der Waals surface area contributed by atoms with Crippen LogP contribution in [0.5, 0.6) is 0 Å². The maximum absolute atomic E-state index is 11.8. The number of nitrogens with zero attached hydrogens (tertiary/aromatic N) is 1. The van der Waals surface area contributed by atoms with Crippen LogP contribution in [0.1, 0.15) is 19.3 Å². The molecule has 1 aliphatic heterocycles. The summed E-state index contributed by atoms with van der Waals surface area (Å²) in [5.74, 6) is 0.244. The molecule has 0 radical (unpaired) electrons. The predicted octanol–water partition coefficient (Wildman–Crippen LogP) is 1.58. The summed E-state index contributed by atoms with van der Waals surface area (Å²) in [6.07, 6.45) is -1.23. The van der Waals surface area contributed by atoms with Crippen LogP contribution in [-0.4, -0.2) is 42.8 Å². The SMILES string of the molecule is O=C(COCC(F)(F)F)N1CC2CCC1C2. The van der Waals surface area contributed by atoms with Crippen LogP contribution in [0.4, 0.5) is 13.2 Å². The average Bonchev–Trinajstić information content (AvgIpc) is 2.76. The van der Waals surface area contributed by atoms with E-state index in [4.69, 9.17) is 0 Å². The molecule has 16 heavy (non-hydrogen) atoms. The van der Waals surface area contributed by atoms with Crippen molar-refractivity contribution in [2.24, 2.45) is 5.92 Å². The number of amides is 1. The molecule has 6 heteroatoms. The second-order valence-corrected chi connectivity index (χ2v) is 4.49. The van der Waals surface area contributed by atoms with Gasteiger partial charge in [0, 0.05) is 12.6 Å². The van der Waals surface area contributed by atoms with Crippen LogP contribution in [0, 0.1) is 5.92 Å². The van der Waals surface area contributed by atoms with E-state index in [1.807, 2.05) is 0 Å². The molecule has 1 amide bonds. The number of fused-ring (bicyclic) bond motifs is 2. The van der Waals surface area contributed by atoms with Crippen LogP contribution < -0.4 is 0 Å². The number of carbonyl (C=O) groups excluding carboxylic acids is 1. The molecule has 2 fully saturated rings. The van der Waals surface area contributed by atoms with E-state index < -0.39 is 19.4 Å². The molecule has 1 aliphatic carbocycles. The van der Waals surface area contributed by atoms with Gasteiger partial charge < -0.3 is 9.64 Å². The van der Waals surface area contributed by atoms with Crippen LogP contribution in [0.3, 0.4) is 0 Å². The molecule has 1 heterocycles. The summed E-state index contributed by atoms with van der Waals surface area (Å²) in [7, 11) is 0. The lowest BCUT2D eigenvalue weighted by atomic mass is 10.1. The molecule has 3 nitrogen and oxygen atoms in total. The normalized spacial score (nSPS) is 28.8. The summed E-state index contributed by atoms with van der Waals surface area (Å²) >= 11 is 0. The highest BCUT2D eigenvalue weighted by Crippen LogP contribution is 2.37. The Kier molecular flexibility index (Phi) is 3.10. The first-order valence-electron chi connectivity index (χ1n) is 5.39. The first-order valence-corrected chi connectivity index (χ1v) is 5.39. The Morgan fingerprint density at radius 2 is 2.12 bits per heavy atom. The minimum atomic E-state index is -4.36. The van der Waals surface area contributed by atoms with E-state index in [-0.39, 0.29) is 11.9 Å². The van der Waals surface area contributed by atoms with Crippen LogP contribution >= 0.6 is 0 Å². The van der Waals surface area contributed by atoms with Gasteiger partial charge >= 0.3 is 6.18 Å². The second-order valence-electron chi connectivity index (χ2n) is 4.49. The van der Waals surface area contributed by atoms with Gasteiger partial charge in [0.05, 0.1) is 0 Å². The Bertz CT molecular complexity index is 280. The molecule has 0 aromatic heterocycles. The lowest BCUT2D eigenvalue weighted by Gasteiger charge is -2.26. The molecule has 0 spiro atoms. The number of halogens is 3. The predicted molar refractivity (Wildman–Crippen MR) is 49.7 cm³/mol. The molecular formula is C10H14F3NO2. The fourth-order valence-corrected chi connectivity index (χ4v) is 2.57. The number of carbonyl (C=O) groups is 1. The van der Waals surface area contributed by atoms with E-state index in [1.165, 1.54) is 0 Å². The number of rotatable bonds is 3. The van der Waals surface area contributed by atoms with Crippen molar-refractivity contribution >= 4 is 5.91 Å². The molecule has 0 aromatic rings. The molecule has 2 aliphatic rings. The maximum Gasteiger partial charge on any atom is 0.411 e. The zero-order valence-corrected chi connectivity index (χ0v) is 8.79. The highest BCUT2D eigenvalue weighted by molar-refractivity contribution is 5.78. The third-order valence-electron chi connectivity index (χ3n) is 3.22. The van der Waals surface area contributed by atoms with E-state index in [1.54, 1.807) is 4.90 Å². The number of hydrogen-bond acceptors (Lipinski definition) is 2. The number of alkyl halides is 3. The molecule has 0 aromatic carbocycles. The largest absolute Gasteiger partial charge is 0.411 e. The molecule has 2 atom stereocenters. The summed E-state index contributed by atoms with van der Waals surface area (Å²) in [6.45, 7) is -1.11. The summed E-state index contributed by atoms with van der Waals surface area (Å²) in [5, 5.41) is 0. The Hall–Kier alpha value is -0.780. The standard InChI is InChI=1S/C10H14F3NO2/c11-10(12,13)6-16-5-9(15)14-4-7-1-2-8(14)3-7/h7-8H,1-6H2. The van der Waals surface area contributed by atoms with Gasteiger partial charge in [0.1, 0.15) is 13.2 Å². The summed E-state index contributed by atoms with van der Waals surface area (Å²) in [4.78, 5) is 13.2. The van der Waals surface area contributed by atoms with E-state index in [0.717, 1.165) is 19.3 Å². The van der Waals surface area contributed by atoms with Gasteiger partial charge in [-0.25, -0.2) is 0 Å². The van der Waals surface area contributed by atoms with Gasteiger partial charge in [0.25, 0.3) is 0 Å². The van der Waals surface area contributed by atoms with Gasteiger partial charge in [-0.05, 0) is 25.2 Å². The highest BCUT2D eigenvalue weighted by atomic mass is 19.4. The van der Waals surface area contributed by atoms with Crippen molar-refractivity contribution in [1.29, 1.82) is 0 Å². The number of ether oxygens (including phenoxy) is 1. The minimum absolute atomic E-state index is 0.243. The van der Waals surface area contributed by atoms with Gasteiger partial charge in [-0.2, -0.15) is 13.2 Å². The first-order chi connectivity index (χ1) is 7.46. The Morgan fingerprint density at radius 3 is 2.62 bits per heavy atom. The fraction of sp³-hybridized carbons (Fsp3) is 0.900. The van der Waals surface area contributed by atoms with Crippen molar-refractivity contribution in [1.82, 2.24) is 4.90 Å². The van der Waals surface area contributed by atoms with Crippen LogP contribution in [-0.2, 0) is 9.53 Å². The molecule has 1 saturated heterocycles. The summed E-state index contributed by atoms with van der Waals surface area (Å²) in [6, 6.07) is 0.243. The van der Waals surface area contributed by atoms with Crippen LogP contribution in [0.15, 0.2) is 0 Å². The molecule has 2 bridgehead atoms. The lowest BCUT2D eigenvalue weighted by Crippen LogP contribution is -2.40. The topological polar surface area (TPSA) is 29.5 Å². The monoisotopic (exact) mass is 237 g/mol. The van der Waals surface area contributed by atoms with Crippen LogP contribution in [0.25, 0.3) is 0 Å². The smallest absolute Gasteiger partial charge is 0.362 e. The summed E-state index contributed by atoms with van der Waals surface area (Å²) in [5.41, 5.74) is 0. The van der Waals surface area contributed by atoms with Crippen molar-refractivity contribution in [3.8, 4) is 0 Å². The van der Waals surface area contributed by atoms with Crippen LogP contribution in [0.2, 0.25) is 0 Å². The van der Waals surface area contributed by atoms with E-state index in [9.17, 15) is 18.0 Å². The number of piperidine rings is 1. The molecule has 0 N–H and O–H groups in total. The lowest BCUT2D eigenvalue weighted by molar-refractivity contribution is -0.178. The van der Waals surface area contributed by atoms with E-state index >= 15 is 0 Å². The van der Waals surface area contributed by atoms with Gasteiger partial charge in [-0.1, -0.05) is 0 Å². The zero-order valence-electron chi connectivity index (χ0n) is 8.79. The van der Waals surface area contributed by atoms with Crippen molar-refractivity contribution in [3.63, 3.8) is 0 Å².